The molecule has 5 heteroatoms. The molecule has 1 N–H and O–H groups in total. The van der Waals surface area contributed by atoms with Crippen LogP contribution < -0.4 is 0 Å². The number of hydrogen-bond acceptors (Lipinski definition) is 4. The lowest BCUT2D eigenvalue weighted by Gasteiger charge is -2.03. The second-order valence-corrected chi connectivity index (χ2v) is 4.24. The van der Waals surface area contributed by atoms with Gasteiger partial charge in [-0.15, -0.1) is 0 Å². The molecule has 0 aliphatic rings. The molecule has 0 aliphatic heterocycles. The highest BCUT2D eigenvalue weighted by molar-refractivity contribution is 6.03. The number of aromatic nitrogens is 5. The predicted molar refractivity (Wildman–Crippen MR) is 72.4 cm³/mol. The van der Waals surface area contributed by atoms with Crippen molar-refractivity contribution < 1.29 is 0 Å². The first-order chi connectivity index (χ1) is 9.42. The minimum absolute atomic E-state index is 0.662. The van der Waals surface area contributed by atoms with E-state index in [2.05, 4.69) is 37.3 Å². The molecule has 5 nitrogen and oxygen atoms in total. The summed E-state index contributed by atoms with van der Waals surface area (Å²) in [5, 5.41) is 8.82. The lowest BCUT2D eigenvalue weighted by molar-refractivity contribution is 1.09. The van der Waals surface area contributed by atoms with Crippen LogP contribution in [0.1, 0.15) is 0 Å². The van der Waals surface area contributed by atoms with Crippen molar-refractivity contribution in [3.05, 3.63) is 48.9 Å². The lowest BCUT2D eigenvalue weighted by Crippen LogP contribution is -1.89. The Morgan fingerprint density at radius 3 is 2.53 bits per heavy atom. The van der Waals surface area contributed by atoms with Crippen molar-refractivity contribution in [2.75, 3.05) is 0 Å². The summed E-state index contributed by atoms with van der Waals surface area (Å²) >= 11 is 0. The minimum atomic E-state index is 0.662. The van der Waals surface area contributed by atoms with Crippen LogP contribution in [0.15, 0.2) is 48.9 Å². The quantitative estimate of drug-likeness (QED) is 0.525. The molecule has 0 saturated heterocycles. The Morgan fingerprint density at radius 1 is 0.842 bits per heavy atom. The van der Waals surface area contributed by atoms with Gasteiger partial charge in [-0.05, 0) is 12.1 Å². The van der Waals surface area contributed by atoms with Crippen LogP contribution in [0, 0.1) is 0 Å². The first kappa shape index (κ1) is 10.1. The zero-order valence-corrected chi connectivity index (χ0v) is 9.91. The number of benzene rings is 1. The molecule has 90 valence electrons. The summed E-state index contributed by atoms with van der Waals surface area (Å²) in [4.78, 5) is 13.2. The van der Waals surface area contributed by atoms with Gasteiger partial charge in [0.2, 0.25) is 0 Å². The molecule has 0 bridgehead atoms. The van der Waals surface area contributed by atoms with Crippen LogP contribution in [0.5, 0.6) is 0 Å². The summed E-state index contributed by atoms with van der Waals surface area (Å²) in [7, 11) is 0. The Morgan fingerprint density at radius 2 is 1.68 bits per heavy atom. The van der Waals surface area contributed by atoms with E-state index in [1.165, 1.54) is 6.33 Å². The van der Waals surface area contributed by atoms with E-state index in [9.17, 15) is 0 Å². The highest BCUT2D eigenvalue weighted by Crippen LogP contribution is 2.24. The van der Waals surface area contributed by atoms with E-state index in [0.717, 1.165) is 27.5 Å². The van der Waals surface area contributed by atoms with Gasteiger partial charge < -0.3 is 0 Å². The van der Waals surface area contributed by atoms with E-state index in [1.807, 2.05) is 24.3 Å². The van der Waals surface area contributed by atoms with Gasteiger partial charge >= 0.3 is 0 Å². The Labute approximate surface area is 108 Å². The predicted octanol–water partition coefficient (Wildman–Crippen LogP) is 2.57. The summed E-state index contributed by atoms with van der Waals surface area (Å²) in [6.07, 6.45) is 3.26. The van der Waals surface area contributed by atoms with Crippen molar-refractivity contribution in [3.63, 3.8) is 0 Å². The summed E-state index contributed by atoms with van der Waals surface area (Å²) in [5.41, 5.74) is 2.55. The van der Waals surface area contributed by atoms with Gasteiger partial charge in [-0.1, -0.05) is 24.3 Å². The van der Waals surface area contributed by atoms with Crippen molar-refractivity contribution in [1.82, 2.24) is 25.1 Å². The zero-order valence-electron chi connectivity index (χ0n) is 9.91. The molecule has 4 aromatic rings. The van der Waals surface area contributed by atoms with E-state index in [1.54, 1.807) is 6.20 Å². The number of H-pyrrole nitrogens is 1. The van der Waals surface area contributed by atoms with E-state index < -0.39 is 0 Å². The van der Waals surface area contributed by atoms with Crippen LogP contribution in [0.3, 0.4) is 0 Å². The van der Waals surface area contributed by atoms with Gasteiger partial charge in [0.25, 0.3) is 0 Å². The molecular formula is C14H9N5. The maximum atomic E-state index is 4.65. The van der Waals surface area contributed by atoms with E-state index in [4.69, 9.17) is 0 Å². The minimum Gasteiger partial charge on any atom is -0.258 e. The Bertz CT molecular complexity index is 867. The number of fused-ring (bicyclic) bond motifs is 3. The topological polar surface area (TPSA) is 67.3 Å². The van der Waals surface area contributed by atoms with Crippen LogP contribution in [0.25, 0.3) is 33.3 Å². The van der Waals surface area contributed by atoms with Crippen LogP contribution >= 0.6 is 0 Å². The van der Waals surface area contributed by atoms with E-state index in [0.29, 0.717) is 5.82 Å². The first-order valence-electron chi connectivity index (χ1n) is 5.92. The van der Waals surface area contributed by atoms with Crippen LogP contribution in [0.2, 0.25) is 0 Å². The fraction of sp³-hybridized carbons (Fsp3) is 0. The smallest absolute Gasteiger partial charge is 0.174 e. The normalized spacial score (nSPS) is 11.2. The Kier molecular flexibility index (Phi) is 2.05. The fourth-order valence-corrected chi connectivity index (χ4v) is 2.18. The average molecular weight is 247 g/mol. The van der Waals surface area contributed by atoms with Crippen molar-refractivity contribution >= 4 is 21.8 Å². The molecule has 0 spiro atoms. The first-order valence-corrected chi connectivity index (χ1v) is 5.92. The molecule has 1 aromatic carbocycles. The summed E-state index contributed by atoms with van der Waals surface area (Å²) in [6, 6.07) is 12.0. The van der Waals surface area contributed by atoms with Gasteiger partial charge in [0.1, 0.15) is 12.0 Å². The van der Waals surface area contributed by atoms with Crippen LogP contribution in [0.4, 0.5) is 0 Å². The molecule has 0 amide bonds. The fourth-order valence-electron chi connectivity index (χ4n) is 2.18. The standard InChI is InChI=1S/C14H9N5/c1-2-9-3-4-10-5-6-11(14-16-8-17-19-14)18-13(10)12(9)15-7-1/h1-8H,(H,16,17,19). The molecule has 0 radical (unpaired) electrons. The maximum absolute atomic E-state index is 4.65. The SMILES string of the molecule is c1cnc2c(c1)ccc1ccc(-c3ncn[nH]3)nc12. The summed E-state index contributed by atoms with van der Waals surface area (Å²) in [5.74, 6) is 0.662. The molecule has 4 rings (SSSR count). The van der Waals surface area contributed by atoms with Gasteiger partial charge in [-0.25, -0.2) is 9.97 Å². The third kappa shape index (κ3) is 1.55. The van der Waals surface area contributed by atoms with Crippen molar-refractivity contribution in [2.45, 2.75) is 0 Å². The second kappa shape index (κ2) is 3.84. The largest absolute Gasteiger partial charge is 0.258 e. The highest BCUT2D eigenvalue weighted by atomic mass is 15.2. The highest BCUT2D eigenvalue weighted by Gasteiger charge is 2.07. The van der Waals surface area contributed by atoms with Crippen molar-refractivity contribution in [3.8, 4) is 11.5 Å². The molecule has 3 heterocycles. The number of aromatic amines is 1. The van der Waals surface area contributed by atoms with Gasteiger partial charge in [-0.2, -0.15) is 5.10 Å². The number of nitrogens with one attached hydrogen (secondary N) is 1. The number of nitrogens with zero attached hydrogens (tertiary/aromatic N) is 4. The monoisotopic (exact) mass is 247 g/mol. The second-order valence-electron chi connectivity index (χ2n) is 4.24. The van der Waals surface area contributed by atoms with Gasteiger partial charge in [0.15, 0.2) is 5.82 Å². The molecular weight excluding hydrogens is 238 g/mol. The number of rotatable bonds is 1. The Hall–Kier alpha value is -2.82. The number of pyridine rings is 2. The molecule has 0 atom stereocenters. The zero-order chi connectivity index (χ0) is 12.7. The van der Waals surface area contributed by atoms with E-state index >= 15 is 0 Å². The molecule has 0 aliphatic carbocycles. The van der Waals surface area contributed by atoms with E-state index in [-0.39, 0.29) is 0 Å². The van der Waals surface area contributed by atoms with Crippen molar-refractivity contribution in [1.29, 1.82) is 0 Å². The average Bonchev–Trinajstić information content (AvgIpc) is 3.01. The van der Waals surface area contributed by atoms with Gasteiger partial charge in [0.05, 0.1) is 11.0 Å². The lowest BCUT2D eigenvalue weighted by atomic mass is 10.1. The van der Waals surface area contributed by atoms with Crippen molar-refractivity contribution in [2.24, 2.45) is 0 Å². The third-order valence-electron chi connectivity index (χ3n) is 3.09. The van der Waals surface area contributed by atoms with Crippen LogP contribution in [-0.2, 0) is 0 Å². The molecule has 19 heavy (non-hydrogen) atoms. The summed E-state index contributed by atoms with van der Waals surface area (Å²) in [6.45, 7) is 0. The molecule has 0 fully saturated rings. The number of hydrogen-bond donors (Lipinski definition) is 1. The molecule has 0 saturated carbocycles. The maximum Gasteiger partial charge on any atom is 0.174 e. The van der Waals surface area contributed by atoms with Crippen LogP contribution in [-0.4, -0.2) is 25.1 Å². The third-order valence-corrected chi connectivity index (χ3v) is 3.09. The molecule has 3 aromatic heterocycles. The summed E-state index contributed by atoms with van der Waals surface area (Å²) < 4.78 is 0. The van der Waals surface area contributed by atoms with Gasteiger partial charge in [0, 0.05) is 17.0 Å². The molecule has 0 unspecified atom stereocenters. The Balaban J connectivity index is 2.09. The van der Waals surface area contributed by atoms with Gasteiger partial charge in [-0.3, -0.25) is 10.1 Å².